The monoisotopic (exact) mass is 382 g/mol. The van der Waals surface area contributed by atoms with Gasteiger partial charge >= 0.3 is 0 Å². The molecule has 0 aliphatic rings. The molecule has 0 aromatic heterocycles. The number of amidine groups is 2. The van der Waals surface area contributed by atoms with Gasteiger partial charge in [0, 0.05) is 35.4 Å². The smallest absolute Gasteiger partial charge is 0.270 e. The Bertz CT molecular complexity index is 932. The number of nitrogens with two attached hydrogens (primary N) is 2. The molecule has 0 saturated heterocycles. The van der Waals surface area contributed by atoms with Gasteiger partial charge in [0.05, 0.1) is 22.3 Å². The molecular weight excluding hydrogens is 368 g/mol. The molecule has 28 heavy (non-hydrogen) atoms. The predicted octanol–water partition coefficient (Wildman–Crippen LogP) is 1.59. The van der Waals surface area contributed by atoms with Gasteiger partial charge in [0.1, 0.15) is 0 Å². The van der Waals surface area contributed by atoms with Crippen LogP contribution in [0.5, 0.6) is 0 Å². The van der Waals surface area contributed by atoms with Gasteiger partial charge in [-0.2, -0.15) is 10.2 Å². The van der Waals surface area contributed by atoms with Crippen LogP contribution in [0.4, 0.5) is 11.4 Å². The molecule has 4 N–H and O–H groups in total. The molecule has 0 saturated carbocycles. The minimum absolute atomic E-state index is 0.0857. The minimum atomic E-state index is -0.529. The lowest BCUT2D eigenvalue weighted by molar-refractivity contribution is -0.385. The van der Waals surface area contributed by atoms with Crippen molar-refractivity contribution in [1.29, 1.82) is 0 Å². The number of nitro groups is 2. The third-order valence-electron chi connectivity index (χ3n) is 3.17. The largest absolute Gasteiger partial charge is 0.379 e. The summed E-state index contributed by atoms with van der Waals surface area (Å²) in [4.78, 5) is 20.4. The molecule has 0 fully saturated rings. The highest BCUT2D eigenvalue weighted by atomic mass is 16.6. The molecule has 142 valence electrons. The number of hydrogen-bond acceptors (Lipinski definition) is 8. The minimum Gasteiger partial charge on any atom is -0.379 e. The van der Waals surface area contributed by atoms with Crippen LogP contribution in [-0.4, -0.2) is 33.9 Å². The molecule has 0 amide bonds. The molecule has 2 aromatic rings. The maximum atomic E-state index is 10.7. The number of rotatable bonds is 6. The molecule has 0 radical (unpaired) electrons. The SMILES string of the molecule is NC(=N/N=C/c1cccc([N+](=O)[O-])c1)C(N)=N/N=C/c1cccc([N+](=O)[O-])c1. The number of hydrogen-bond donors (Lipinski definition) is 2. The molecule has 0 atom stereocenters. The highest BCUT2D eigenvalue weighted by Crippen LogP contribution is 2.12. The van der Waals surface area contributed by atoms with E-state index in [-0.39, 0.29) is 23.0 Å². The van der Waals surface area contributed by atoms with E-state index >= 15 is 0 Å². The molecule has 0 aliphatic carbocycles. The molecule has 0 bridgehead atoms. The summed E-state index contributed by atoms with van der Waals surface area (Å²) in [5, 5.41) is 36.1. The van der Waals surface area contributed by atoms with Crippen molar-refractivity contribution >= 4 is 35.5 Å². The van der Waals surface area contributed by atoms with Gasteiger partial charge in [-0.25, -0.2) is 0 Å². The Morgan fingerprint density at radius 1 is 0.786 bits per heavy atom. The van der Waals surface area contributed by atoms with Crippen LogP contribution in [0.2, 0.25) is 0 Å². The standard InChI is InChI=1S/C16H14N8O4/c17-15(21-19-9-11-3-1-5-13(7-11)23(25)26)16(18)22-20-10-12-4-2-6-14(8-12)24(27)28/h1-10H,(H2,17,21)(H2,18,22)/b19-9+,20-10+. The van der Waals surface area contributed by atoms with Gasteiger partial charge in [-0.3, -0.25) is 20.2 Å². The van der Waals surface area contributed by atoms with E-state index in [9.17, 15) is 20.2 Å². The van der Waals surface area contributed by atoms with Gasteiger partial charge in [-0.15, -0.1) is 10.2 Å². The van der Waals surface area contributed by atoms with Crippen LogP contribution in [0.1, 0.15) is 11.1 Å². The number of nitro benzene ring substituents is 2. The summed E-state index contributed by atoms with van der Waals surface area (Å²) < 4.78 is 0. The van der Waals surface area contributed by atoms with Gasteiger partial charge in [-0.1, -0.05) is 24.3 Å². The average molecular weight is 382 g/mol. The van der Waals surface area contributed by atoms with Crippen LogP contribution in [0.3, 0.4) is 0 Å². The van der Waals surface area contributed by atoms with Gasteiger partial charge in [-0.05, 0) is 0 Å². The van der Waals surface area contributed by atoms with Crippen LogP contribution in [0.15, 0.2) is 68.9 Å². The van der Waals surface area contributed by atoms with E-state index in [2.05, 4.69) is 20.4 Å². The molecule has 0 heterocycles. The van der Waals surface area contributed by atoms with E-state index in [1.54, 1.807) is 12.1 Å². The van der Waals surface area contributed by atoms with Crippen molar-refractivity contribution in [2.24, 2.45) is 31.9 Å². The van der Waals surface area contributed by atoms with E-state index in [1.165, 1.54) is 48.8 Å². The summed E-state index contributed by atoms with van der Waals surface area (Å²) >= 11 is 0. The first-order chi connectivity index (χ1) is 13.4. The van der Waals surface area contributed by atoms with Crippen molar-refractivity contribution in [2.45, 2.75) is 0 Å². The molecule has 2 aromatic carbocycles. The Balaban J connectivity index is 2.05. The van der Waals surface area contributed by atoms with Gasteiger partial charge < -0.3 is 11.5 Å². The molecule has 0 spiro atoms. The van der Waals surface area contributed by atoms with Crippen LogP contribution in [0.25, 0.3) is 0 Å². The number of nitrogens with zero attached hydrogens (tertiary/aromatic N) is 6. The number of non-ortho nitro benzene ring substituents is 2. The lowest BCUT2D eigenvalue weighted by Crippen LogP contribution is -2.30. The Morgan fingerprint density at radius 2 is 1.18 bits per heavy atom. The fourth-order valence-electron chi connectivity index (χ4n) is 1.86. The van der Waals surface area contributed by atoms with Crippen LogP contribution < -0.4 is 11.5 Å². The summed E-state index contributed by atoms with van der Waals surface area (Å²) in [5.41, 5.74) is 12.0. The van der Waals surface area contributed by atoms with E-state index in [0.717, 1.165) is 0 Å². The van der Waals surface area contributed by atoms with Crippen molar-refractivity contribution in [1.82, 2.24) is 0 Å². The normalized spacial score (nSPS) is 12.6. The van der Waals surface area contributed by atoms with E-state index in [4.69, 9.17) is 11.5 Å². The lowest BCUT2D eigenvalue weighted by Gasteiger charge is -1.95. The summed E-state index contributed by atoms with van der Waals surface area (Å²) in [6.07, 6.45) is 2.53. The summed E-state index contributed by atoms with van der Waals surface area (Å²) in [6.45, 7) is 0. The predicted molar refractivity (Wildman–Crippen MR) is 105 cm³/mol. The second-order valence-corrected chi connectivity index (χ2v) is 5.16. The Kier molecular flexibility index (Phi) is 6.58. The quantitative estimate of drug-likeness (QED) is 0.330. The Hall–Kier alpha value is -4.48. The highest BCUT2D eigenvalue weighted by Gasteiger charge is 2.05. The highest BCUT2D eigenvalue weighted by molar-refractivity contribution is 6.39. The zero-order valence-corrected chi connectivity index (χ0v) is 14.2. The maximum absolute atomic E-state index is 10.7. The van der Waals surface area contributed by atoms with Gasteiger partial charge in [0.25, 0.3) is 11.4 Å². The summed E-state index contributed by atoms with van der Waals surface area (Å²) in [6, 6.07) is 11.5. The average Bonchev–Trinajstić information content (AvgIpc) is 2.68. The number of benzene rings is 2. The second kappa shape index (κ2) is 9.28. The van der Waals surface area contributed by atoms with E-state index in [1.807, 2.05) is 0 Å². The Labute approximate surface area is 157 Å². The first-order valence-electron chi connectivity index (χ1n) is 7.59. The molecule has 0 unspecified atom stereocenters. The molecule has 12 nitrogen and oxygen atoms in total. The fraction of sp³-hybridized carbons (Fsp3) is 0. The van der Waals surface area contributed by atoms with E-state index < -0.39 is 9.85 Å². The molecule has 0 aliphatic heterocycles. The first kappa shape index (κ1) is 19.8. The zero-order chi connectivity index (χ0) is 20.5. The lowest BCUT2D eigenvalue weighted by atomic mass is 10.2. The maximum Gasteiger partial charge on any atom is 0.270 e. The van der Waals surface area contributed by atoms with E-state index in [0.29, 0.717) is 11.1 Å². The molecule has 2 rings (SSSR count). The van der Waals surface area contributed by atoms with Crippen LogP contribution in [0, 0.1) is 20.2 Å². The zero-order valence-electron chi connectivity index (χ0n) is 14.2. The van der Waals surface area contributed by atoms with Gasteiger partial charge in [0.2, 0.25) is 0 Å². The van der Waals surface area contributed by atoms with Crippen molar-refractivity contribution in [3.8, 4) is 0 Å². The summed E-state index contributed by atoms with van der Waals surface area (Å²) in [7, 11) is 0. The van der Waals surface area contributed by atoms with Crippen LogP contribution in [-0.2, 0) is 0 Å². The molecule has 12 heteroatoms. The van der Waals surface area contributed by atoms with Crippen molar-refractivity contribution in [2.75, 3.05) is 0 Å². The first-order valence-corrected chi connectivity index (χ1v) is 7.59. The topological polar surface area (TPSA) is 188 Å². The third kappa shape index (κ3) is 5.80. The third-order valence-corrected chi connectivity index (χ3v) is 3.17. The fourth-order valence-corrected chi connectivity index (χ4v) is 1.86. The van der Waals surface area contributed by atoms with Crippen molar-refractivity contribution in [3.63, 3.8) is 0 Å². The second-order valence-electron chi connectivity index (χ2n) is 5.16. The van der Waals surface area contributed by atoms with Crippen molar-refractivity contribution < 1.29 is 9.85 Å². The molecular formula is C16H14N8O4. The Morgan fingerprint density at radius 3 is 1.54 bits per heavy atom. The van der Waals surface area contributed by atoms with Gasteiger partial charge in [0.15, 0.2) is 11.7 Å². The summed E-state index contributed by atoms with van der Waals surface area (Å²) in [5.74, 6) is -0.448. The van der Waals surface area contributed by atoms with Crippen LogP contribution >= 0.6 is 0 Å². The van der Waals surface area contributed by atoms with Crippen molar-refractivity contribution in [3.05, 3.63) is 79.9 Å².